The van der Waals surface area contributed by atoms with Gasteiger partial charge in [0.2, 0.25) is 5.91 Å². The zero-order valence-corrected chi connectivity index (χ0v) is 10.3. The van der Waals surface area contributed by atoms with Crippen LogP contribution >= 0.6 is 11.6 Å². The van der Waals surface area contributed by atoms with Crippen molar-refractivity contribution >= 4 is 23.7 Å². The Balaban J connectivity index is 1.84. The molecular weight excluding hydrogens is 250 g/mol. The second kappa shape index (κ2) is 6.02. The lowest BCUT2D eigenvalue weighted by molar-refractivity contribution is -0.120. The molecule has 5 heteroatoms. The van der Waals surface area contributed by atoms with Gasteiger partial charge in [0.1, 0.15) is 0 Å². The smallest absolute Gasteiger partial charge is 0.244 e. The first-order valence-electron chi connectivity index (χ1n) is 5.44. The molecule has 0 fully saturated rings. The summed E-state index contributed by atoms with van der Waals surface area (Å²) in [5, 5.41) is 4.50. The van der Waals surface area contributed by atoms with Gasteiger partial charge in [0.25, 0.3) is 0 Å². The molecule has 0 aliphatic heterocycles. The van der Waals surface area contributed by atoms with Crippen molar-refractivity contribution in [3.8, 4) is 0 Å². The predicted molar refractivity (Wildman–Crippen MR) is 71.7 cm³/mol. The van der Waals surface area contributed by atoms with Gasteiger partial charge in [0, 0.05) is 11.2 Å². The van der Waals surface area contributed by atoms with Crippen molar-refractivity contribution in [3.63, 3.8) is 0 Å². The van der Waals surface area contributed by atoms with Crippen molar-refractivity contribution < 1.29 is 4.79 Å². The number of hydrogen-bond acceptors (Lipinski definition) is 2. The van der Waals surface area contributed by atoms with Crippen molar-refractivity contribution in [3.05, 3.63) is 58.9 Å². The summed E-state index contributed by atoms with van der Waals surface area (Å²) in [6.45, 7) is 0. The van der Waals surface area contributed by atoms with E-state index in [1.165, 1.54) is 0 Å². The Morgan fingerprint density at radius 3 is 2.78 bits per heavy atom. The SMILES string of the molecule is O=C(Cc1ccc(Cl)cc1)NN=Cc1ccc[nH]1. The standard InChI is InChI=1S/C13H12ClN3O/c14-11-5-3-10(4-6-11)8-13(18)17-16-9-12-2-1-7-15-12/h1-7,9,15H,8H2,(H,17,18). The predicted octanol–water partition coefficient (Wildman–Crippen LogP) is 2.36. The van der Waals surface area contributed by atoms with E-state index in [1.54, 1.807) is 24.5 Å². The van der Waals surface area contributed by atoms with E-state index >= 15 is 0 Å². The number of halogens is 1. The molecule has 4 nitrogen and oxygen atoms in total. The lowest BCUT2D eigenvalue weighted by Gasteiger charge is -2.00. The Bertz CT molecular complexity index is 532. The van der Waals surface area contributed by atoms with Crippen LogP contribution in [0.15, 0.2) is 47.7 Å². The van der Waals surface area contributed by atoms with E-state index in [1.807, 2.05) is 24.3 Å². The Kier molecular flexibility index (Phi) is 4.15. The van der Waals surface area contributed by atoms with Crippen molar-refractivity contribution in [1.29, 1.82) is 0 Å². The number of benzene rings is 1. The van der Waals surface area contributed by atoms with E-state index in [0.29, 0.717) is 5.02 Å². The number of rotatable bonds is 4. The van der Waals surface area contributed by atoms with Gasteiger partial charge in [0.05, 0.1) is 18.3 Å². The Morgan fingerprint density at radius 1 is 1.33 bits per heavy atom. The first kappa shape index (κ1) is 12.4. The third-order valence-corrected chi connectivity index (χ3v) is 2.54. The molecule has 0 saturated heterocycles. The Morgan fingerprint density at radius 2 is 2.11 bits per heavy atom. The van der Waals surface area contributed by atoms with E-state index in [4.69, 9.17) is 11.6 Å². The van der Waals surface area contributed by atoms with Gasteiger partial charge in [-0.3, -0.25) is 4.79 Å². The van der Waals surface area contributed by atoms with Gasteiger partial charge in [-0.05, 0) is 29.8 Å². The number of hydrazone groups is 1. The summed E-state index contributed by atoms with van der Waals surface area (Å²) < 4.78 is 0. The number of hydrogen-bond donors (Lipinski definition) is 2. The van der Waals surface area contributed by atoms with E-state index in [2.05, 4.69) is 15.5 Å². The van der Waals surface area contributed by atoms with Gasteiger partial charge in [-0.2, -0.15) is 5.10 Å². The van der Waals surface area contributed by atoms with Crippen LogP contribution in [0, 0.1) is 0 Å². The average molecular weight is 262 g/mol. The third kappa shape index (κ3) is 3.75. The number of nitrogens with one attached hydrogen (secondary N) is 2. The van der Waals surface area contributed by atoms with Gasteiger partial charge in [-0.15, -0.1) is 0 Å². The lowest BCUT2D eigenvalue weighted by Crippen LogP contribution is -2.19. The second-order valence-corrected chi connectivity index (χ2v) is 4.16. The van der Waals surface area contributed by atoms with E-state index in [-0.39, 0.29) is 12.3 Å². The third-order valence-electron chi connectivity index (χ3n) is 2.29. The highest BCUT2D eigenvalue weighted by atomic mass is 35.5. The zero-order valence-electron chi connectivity index (χ0n) is 9.56. The maximum atomic E-state index is 11.6. The molecule has 1 aromatic heterocycles. The first-order valence-corrected chi connectivity index (χ1v) is 5.81. The topological polar surface area (TPSA) is 57.2 Å². The van der Waals surface area contributed by atoms with Crippen molar-refractivity contribution in [1.82, 2.24) is 10.4 Å². The van der Waals surface area contributed by atoms with Crippen molar-refractivity contribution in [2.75, 3.05) is 0 Å². The number of aromatic amines is 1. The molecule has 1 amide bonds. The summed E-state index contributed by atoms with van der Waals surface area (Å²) >= 11 is 5.76. The summed E-state index contributed by atoms with van der Waals surface area (Å²) in [5.74, 6) is -0.167. The van der Waals surface area contributed by atoms with Crippen LogP contribution in [0.5, 0.6) is 0 Å². The molecule has 2 rings (SSSR count). The maximum absolute atomic E-state index is 11.6. The quantitative estimate of drug-likeness (QED) is 0.644. The van der Waals surface area contributed by atoms with Gasteiger partial charge in [-0.25, -0.2) is 5.43 Å². The number of aromatic nitrogens is 1. The normalized spacial score (nSPS) is 10.7. The summed E-state index contributed by atoms with van der Waals surface area (Å²) in [7, 11) is 0. The highest BCUT2D eigenvalue weighted by molar-refractivity contribution is 6.30. The van der Waals surface area contributed by atoms with Crippen LogP contribution in [0.1, 0.15) is 11.3 Å². The molecule has 0 aliphatic carbocycles. The highest BCUT2D eigenvalue weighted by Gasteiger charge is 2.01. The summed E-state index contributed by atoms with van der Waals surface area (Å²) in [6.07, 6.45) is 3.62. The molecule has 18 heavy (non-hydrogen) atoms. The Labute approximate surface area is 110 Å². The molecule has 0 bridgehead atoms. The van der Waals surface area contributed by atoms with Crippen LogP contribution in [0.2, 0.25) is 5.02 Å². The fourth-order valence-corrected chi connectivity index (χ4v) is 1.55. The van der Waals surface area contributed by atoms with Crippen molar-refractivity contribution in [2.45, 2.75) is 6.42 Å². The van der Waals surface area contributed by atoms with E-state index < -0.39 is 0 Å². The van der Waals surface area contributed by atoms with Gasteiger partial charge in [0.15, 0.2) is 0 Å². The molecule has 0 aliphatic rings. The highest BCUT2D eigenvalue weighted by Crippen LogP contribution is 2.09. The van der Waals surface area contributed by atoms with Gasteiger partial charge >= 0.3 is 0 Å². The number of H-pyrrole nitrogens is 1. The van der Waals surface area contributed by atoms with Crippen molar-refractivity contribution in [2.24, 2.45) is 5.10 Å². The molecule has 2 N–H and O–H groups in total. The molecule has 0 spiro atoms. The van der Waals surface area contributed by atoms with Gasteiger partial charge in [-0.1, -0.05) is 23.7 Å². The summed E-state index contributed by atoms with van der Waals surface area (Å²) in [4.78, 5) is 14.5. The molecule has 0 radical (unpaired) electrons. The molecule has 92 valence electrons. The molecule has 1 heterocycles. The fourth-order valence-electron chi connectivity index (χ4n) is 1.43. The second-order valence-electron chi connectivity index (χ2n) is 3.72. The minimum absolute atomic E-state index is 0.167. The van der Waals surface area contributed by atoms with Crippen LogP contribution in [0.4, 0.5) is 0 Å². The molecule has 0 saturated carbocycles. The first-order chi connectivity index (χ1) is 8.74. The maximum Gasteiger partial charge on any atom is 0.244 e. The number of carbonyl (C=O) groups excluding carboxylic acids is 1. The fraction of sp³-hybridized carbons (Fsp3) is 0.0769. The van der Waals surface area contributed by atoms with Crippen LogP contribution < -0.4 is 5.43 Å². The van der Waals surface area contributed by atoms with Crippen LogP contribution in [-0.4, -0.2) is 17.1 Å². The largest absolute Gasteiger partial charge is 0.360 e. The monoisotopic (exact) mass is 261 g/mol. The number of nitrogens with zero attached hydrogens (tertiary/aromatic N) is 1. The molecule has 2 aromatic rings. The zero-order chi connectivity index (χ0) is 12.8. The number of amides is 1. The van der Waals surface area contributed by atoms with Gasteiger partial charge < -0.3 is 4.98 Å². The average Bonchev–Trinajstić information content (AvgIpc) is 2.85. The van der Waals surface area contributed by atoms with E-state index in [0.717, 1.165) is 11.3 Å². The molecular formula is C13H12ClN3O. The molecule has 0 atom stereocenters. The van der Waals surface area contributed by atoms with Crippen LogP contribution in [-0.2, 0) is 11.2 Å². The minimum Gasteiger partial charge on any atom is -0.360 e. The number of carbonyl (C=O) groups is 1. The van der Waals surface area contributed by atoms with Crippen LogP contribution in [0.3, 0.4) is 0 Å². The molecule has 0 unspecified atom stereocenters. The Hall–Kier alpha value is -2.07. The minimum atomic E-state index is -0.167. The van der Waals surface area contributed by atoms with E-state index in [9.17, 15) is 4.79 Å². The van der Waals surface area contributed by atoms with Crippen LogP contribution in [0.25, 0.3) is 0 Å². The lowest BCUT2D eigenvalue weighted by atomic mass is 10.1. The molecule has 1 aromatic carbocycles. The summed E-state index contributed by atoms with van der Waals surface area (Å²) in [6, 6.07) is 10.9. The summed E-state index contributed by atoms with van der Waals surface area (Å²) in [5.41, 5.74) is 4.19.